The lowest BCUT2D eigenvalue weighted by molar-refractivity contribution is -0.128. The molecule has 0 aliphatic carbocycles. The van der Waals surface area contributed by atoms with Crippen LogP contribution in [-0.2, 0) is 17.8 Å². The zero-order valence-corrected chi connectivity index (χ0v) is 14.5. The first-order valence-corrected chi connectivity index (χ1v) is 8.33. The van der Waals surface area contributed by atoms with Gasteiger partial charge in [0.25, 0.3) is 5.91 Å². The highest BCUT2D eigenvalue weighted by atomic mass is 16.5. The first-order chi connectivity index (χ1) is 11.7. The maximum atomic E-state index is 12.4. The van der Waals surface area contributed by atoms with Crippen molar-refractivity contribution in [3.05, 3.63) is 59.7 Å². The van der Waals surface area contributed by atoms with Crippen molar-refractivity contribution >= 4 is 5.91 Å². The number of para-hydroxylation sites is 1. The van der Waals surface area contributed by atoms with E-state index in [1.165, 1.54) is 5.56 Å². The Labute approximate surface area is 143 Å². The number of methoxy groups -OCH3 is 1. The minimum absolute atomic E-state index is 0.122. The van der Waals surface area contributed by atoms with Crippen LogP contribution >= 0.6 is 0 Å². The molecule has 1 atom stereocenters. The number of hydrogen-bond donors (Lipinski definition) is 1. The van der Waals surface area contributed by atoms with Crippen molar-refractivity contribution in [1.29, 1.82) is 0 Å². The summed E-state index contributed by atoms with van der Waals surface area (Å²) in [5.41, 5.74) is 2.19. The number of hydrogen-bond acceptors (Lipinski definition) is 3. The number of benzene rings is 2. The van der Waals surface area contributed by atoms with E-state index in [1.807, 2.05) is 55.5 Å². The summed E-state index contributed by atoms with van der Waals surface area (Å²) in [6.07, 6.45) is 1.08. The zero-order chi connectivity index (χ0) is 17.4. The lowest BCUT2D eigenvalue weighted by Crippen LogP contribution is -2.37. The molecule has 4 nitrogen and oxygen atoms in total. The predicted molar refractivity (Wildman–Crippen MR) is 95.4 cm³/mol. The number of amides is 1. The van der Waals surface area contributed by atoms with Crippen molar-refractivity contribution in [3.63, 3.8) is 0 Å². The summed E-state index contributed by atoms with van der Waals surface area (Å²) in [6.45, 7) is 4.46. The van der Waals surface area contributed by atoms with Crippen LogP contribution in [0.2, 0.25) is 0 Å². The van der Waals surface area contributed by atoms with E-state index < -0.39 is 6.10 Å². The second-order valence-corrected chi connectivity index (χ2v) is 5.54. The number of ether oxygens (including phenoxy) is 2. The molecule has 1 N–H and O–H groups in total. The highest BCUT2D eigenvalue weighted by Gasteiger charge is 2.18. The maximum Gasteiger partial charge on any atom is 0.261 e. The average molecular weight is 327 g/mol. The first-order valence-electron chi connectivity index (χ1n) is 8.33. The Hall–Kier alpha value is -2.49. The summed E-state index contributed by atoms with van der Waals surface area (Å²) < 4.78 is 11.1. The Morgan fingerprint density at radius 3 is 2.42 bits per heavy atom. The van der Waals surface area contributed by atoms with E-state index in [1.54, 1.807) is 7.11 Å². The highest BCUT2D eigenvalue weighted by Crippen LogP contribution is 2.18. The molecular formula is C20H25NO3. The molecule has 0 bridgehead atoms. The Balaban J connectivity index is 1.95. The van der Waals surface area contributed by atoms with Gasteiger partial charge in [-0.15, -0.1) is 0 Å². The number of carbonyl (C=O) groups excluding carboxylic acids is 1. The quantitative estimate of drug-likeness (QED) is 0.803. The van der Waals surface area contributed by atoms with Gasteiger partial charge in [0.2, 0.25) is 0 Å². The molecule has 1 amide bonds. The van der Waals surface area contributed by atoms with E-state index >= 15 is 0 Å². The molecule has 2 aromatic rings. The molecule has 24 heavy (non-hydrogen) atoms. The summed E-state index contributed by atoms with van der Waals surface area (Å²) in [6, 6.07) is 15.5. The predicted octanol–water partition coefficient (Wildman–Crippen LogP) is 3.73. The van der Waals surface area contributed by atoms with Gasteiger partial charge in [-0.1, -0.05) is 44.2 Å². The largest absolute Gasteiger partial charge is 0.496 e. The van der Waals surface area contributed by atoms with Gasteiger partial charge in [0.05, 0.1) is 7.11 Å². The molecule has 2 aromatic carbocycles. The van der Waals surface area contributed by atoms with E-state index in [0.29, 0.717) is 18.7 Å². The minimum atomic E-state index is -0.507. The molecule has 0 aliphatic heterocycles. The molecule has 2 rings (SSSR count). The van der Waals surface area contributed by atoms with E-state index in [4.69, 9.17) is 9.47 Å². The molecule has 0 saturated heterocycles. The average Bonchev–Trinajstić information content (AvgIpc) is 2.64. The molecule has 128 valence electrons. The van der Waals surface area contributed by atoms with Crippen LogP contribution < -0.4 is 14.8 Å². The standard InChI is InChI=1S/C20H25NO3/c1-4-15-10-12-17(13-11-15)24-18(5-2)20(22)21-14-16-8-6-7-9-19(16)23-3/h6-13,18H,4-5,14H2,1-3H3,(H,21,22)/t18-/m0/s1. The lowest BCUT2D eigenvalue weighted by Gasteiger charge is -2.18. The molecule has 0 unspecified atom stereocenters. The van der Waals surface area contributed by atoms with Crippen LogP contribution in [0.15, 0.2) is 48.5 Å². The fourth-order valence-electron chi connectivity index (χ4n) is 2.44. The van der Waals surface area contributed by atoms with Crippen LogP contribution in [0, 0.1) is 0 Å². The van der Waals surface area contributed by atoms with Crippen molar-refractivity contribution < 1.29 is 14.3 Å². The topological polar surface area (TPSA) is 47.6 Å². The van der Waals surface area contributed by atoms with E-state index in [2.05, 4.69) is 12.2 Å². The highest BCUT2D eigenvalue weighted by molar-refractivity contribution is 5.81. The summed E-state index contributed by atoms with van der Waals surface area (Å²) in [5.74, 6) is 1.36. The number of rotatable bonds is 8. The minimum Gasteiger partial charge on any atom is -0.496 e. The summed E-state index contributed by atoms with van der Waals surface area (Å²) in [4.78, 5) is 12.4. The first kappa shape index (κ1) is 17.9. The van der Waals surface area contributed by atoms with E-state index in [-0.39, 0.29) is 5.91 Å². The second-order valence-electron chi connectivity index (χ2n) is 5.54. The summed E-state index contributed by atoms with van der Waals surface area (Å²) >= 11 is 0. The van der Waals surface area contributed by atoms with Crippen LogP contribution in [-0.4, -0.2) is 19.1 Å². The molecule has 0 spiro atoms. The normalized spacial score (nSPS) is 11.6. The van der Waals surface area contributed by atoms with Crippen molar-refractivity contribution in [3.8, 4) is 11.5 Å². The van der Waals surface area contributed by atoms with Gasteiger partial charge in [0.15, 0.2) is 6.10 Å². The van der Waals surface area contributed by atoms with Crippen molar-refractivity contribution in [2.75, 3.05) is 7.11 Å². The number of nitrogens with one attached hydrogen (secondary N) is 1. The Bertz CT molecular complexity index is 652. The van der Waals surface area contributed by atoms with Gasteiger partial charge >= 0.3 is 0 Å². The fraction of sp³-hybridized carbons (Fsp3) is 0.350. The third-order valence-electron chi connectivity index (χ3n) is 3.92. The molecule has 0 aliphatic rings. The monoisotopic (exact) mass is 327 g/mol. The van der Waals surface area contributed by atoms with Crippen LogP contribution in [0.3, 0.4) is 0 Å². The van der Waals surface area contributed by atoms with Gasteiger partial charge in [0, 0.05) is 12.1 Å². The van der Waals surface area contributed by atoms with Crippen LogP contribution in [0.5, 0.6) is 11.5 Å². The van der Waals surface area contributed by atoms with Gasteiger partial charge in [-0.05, 0) is 36.6 Å². The van der Waals surface area contributed by atoms with E-state index in [9.17, 15) is 4.79 Å². The molecule has 0 saturated carbocycles. The molecule has 0 heterocycles. The van der Waals surface area contributed by atoms with Gasteiger partial charge in [-0.25, -0.2) is 0 Å². The zero-order valence-electron chi connectivity index (χ0n) is 14.5. The Morgan fingerprint density at radius 2 is 1.79 bits per heavy atom. The summed E-state index contributed by atoms with van der Waals surface area (Å²) in [5, 5.41) is 2.92. The van der Waals surface area contributed by atoms with Gasteiger partial charge < -0.3 is 14.8 Å². The van der Waals surface area contributed by atoms with Gasteiger partial charge in [0.1, 0.15) is 11.5 Å². The van der Waals surface area contributed by atoms with Crippen LogP contribution in [0.4, 0.5) is 0 Å². The maximum absolute atomic E-state index is 12.4. The van der Waals surface area contributed by atoms with E-state index in [0.717, 1.165) is 17.7 Å². The molecule has 0 aromatic heterocycles. The Morgan fingerprint density at radius 1 is 1.08 bits per heavy atom. The molecular weight excluding hydrogens is 302 g/mol. The third kappa shape index (κ3) is 4.75. The third-order valence-corrected chi connectivity index (χ3v) is 3.92. The smallest absolute Gasteiger partial charge is 0.261 e. The fourth-order valence-corrected chi connectivity index (χ4v) is 2.44. The van der Waals surface area contributed by atoms with Crippen LogP contribution in [0.25, 0.3) is 0 Å². The molecule has 4 heteroatoms. The lowest BCUT2D eigenvalue weighted by atomic mass is 10.1. The second kappa shape index (κ2) is 8.96. The number of carbonyl (C=O) groups is 1. The number of aryl methyl sites for hydroxylation is 1. The molecule has 0 fully saturated rings. The van der Waals surface area contributed by atoms with Gasteiger partial charge in [-0.3, -0.25) is 4.79 Å². The van der Waals surface area contributed by atoms with Crippen LogP contribution in [0.1, 0.15) is 31.4 Å². The van der Waals surface area contributed by atoms with Crippen molar-refractivity contribution in [1.82, 2.24) is 5.32 Å². The van der Waals surface area contributed by atoms with Crippen molar-refractivity contribution in [2.45, 2.75) is 39.3 Å². The van der Waals surface area contributed by atoms with Gasteiger partial charge in [-0.2, -0.15) is 0 Å². The summed E-state index contributed by atoms with van der Waals surface area (Å²) in [7, 11) is 1.62. The molecule has 0 radical (unpaired) electrons. The Kier molecular flexibility index (Phi) is 6.67. The van der Waals surface area contributed by atoms with Crippen molar-refractivity contribution in [2.24, 2.45) is 0 Å². The SMILES string of the molecule is CCc1ccc(O[C@@H](CC)C(=O)NCc2ccccc2OC)cc1.